The van der Waals surface area contributed by atoms with Gasteiger partial charge in [-0.3, -0.25) is 4.79 Å². The van der Waals surface area contributed by atoms with Gasteiger partial charge in [-0.2, -0.15) is 0 Å². The van der Waals surface area contributed by atoms with E-state index in [4.69, 9.17) is 14.2 Å². The van der Waals surface area contributed by atoms with Crippen LogP contribution in [0.4, 0.5) is 17.2 Å². The van der Waals surface area contributed by atoms with Gasteiger partial charge in [-0.05, 0) is 55.5 Å². The van der Waals surface area contributed by atoms with E-state index in [1.54, 1.807) is 62.8 Å². The molecule has 3 rings (SSSR count). The fraction of sp³-hybridized carbons (Fsp3) is 0.190. The van der Waals surface area contributed by atoms with Gasteiger partial charge in [0.1, 0.15) is 5.75 Å². The van der Waals surface area contributed by atoms with Gasteiger partial charge in [0, 0.05) is 17.4 Å². The lowest BCUT2D eigenvalue weighted by Gasteiger charge is -2.11. The summed E-state index contributed by atoms with van der Waals surface area (Å²) in [4.78, 5) is 12.4. The molecule has 0 aliphatic rings. The second kappa shape index (κ2) is 9.41. The van der Waals surface area contributed by atoms with Crippen LogP contribution in [0.2, 0.25) is 0 Å². The molecule has 0 saturated heterocycles. The molecule has 0 saturated carbocycles. The Balaban J connectivity index is 1.64. The lowest BCUT2D eigenvalue weighted by Crippen LogP contribution is -2.14. The van der Waals surface area contributed by atoms with Crippen LogP contribution in [0.3, 0.4) is 0 Å². The van der Waals surface area contributed by atoms with E-state index in [1.807, 2.05) is 13.0 Å². The molecule has 1 heterocycles. The summed E-state index contributed by atoms with van der Waals surface area (Å²) in [5, 5.41) is 13.9. The van der Waals surface area contributed by atoms with E-state index in [2.05, 4.69) is 20.8 Å². The summed E-state index contributed by atoms with van der Waals surface area (Å²) in [6.07, 6.45) is 0. The smallest absolute Gasteiger partial charge is 0.276 e. The first-order valence-corrected chi connectivity index (χ1v) is 9.00. The van der Waals surface area contributed by atoms with Crippen LogP contribution in [0.5, 0.6) is 17.2 Å². The minimum Gasteiger partial charge on any atom is -0.494 e. The van der Waals surface area contributed by atoms with E-state index < -0.39 is 0 Å². The molecule has 0 radical (unpaired) electrons. The first kappa shape index (κ1) is 19.9. The van der Waals surface area contributed by atoms with Crippen molar-refractivity contribution in [1.82, 2.24) is 10.2 Å². The highest BCUT2D eigenvalue weighted by molar-refractivity contribution is 6.02. The molecule has 8 heteroatoms. The molecule has 0 fully saturated rings. The van der Waals surface area contributed by atoms with Crippen molar-refractivity contribution in [2.24, 2.45) is 0 Å². The highest BCUT2D eigenvalue weighted by Gasteiger charge is 2.10. The number of ether oxygens (including phenoxy) is 3. The van der Waals surface area contributed by atoms with Gasteiger partial charge in [0.2, 0.25) is 0 Å². The first-order chi connectivity index (χ1) is 14.1. The van der Waals surface area contributed by atoms with Gasteiger partial charge < -0.3 is 24.8 Å². The number of amides is 1. The third-order valence-corrected chi connectivity index (χ3v) is 3.98. The summed E-state index contributed by atoms with van der Waals surface area (Å²) >= 11 is 0. The molecule has 1 amide bonds. The Morgan fingerprint density at radius 2 is 1.62 bits per heavy atom. The Bertz CT molecular complexity index is 959. The Morgan fingerprint density at radius 1 is 0.897 bits per heavy atom. The van der Waals surface area contributed by atoms with Crippen LogP contribution in [0.25, 0.3) is 0 Å². The summed E-state index contributed by atoms with van der Waals surface area (Å²) in [7, 11) is 3.15. The number of nitrogens with zero attached hydrogens (tertiary/aromatic N) is 2. The Labute approximate surface area is 168 Å². The SMILES string of the molecule is CCOc1ccc(NC(=O)c2ccc(Nc3ccc(OC)c(OC)c3)nn2)cc1. The summed E-state index contributed by atoms with van der Waals surface area (Å²) in [5.74, 6) is 2.12. The predicted octanol–water partition coefficient (Wildman–Crippen LogP) is 3.89. The van der Waals surface area contributed by atoms with Crippen molar-refractivity contribution < 1.29 is 19.0 Å². The molecular formula is C21H22N4O4. The van der Waals surface area contributed by atoms with Crippen LogP contribution in [0, 0.1) is 0 Å². The van der Waals surface area contributed by atoms with Crippen molar-refractivity contribution in [2.75, 3.05) is 31.5 Å². The monoisotopic (exact) mass is 394 g/mol. The molecule has 0 aliphatic heterocycles. The Kier molecular flexibility index (Phi) is 6.47. The minimum atomic E-state index is -0.348. The van der Waals surface area contributed by atoms with Crippen LogP contribution in [-0.4, -0.2) is 36.9 Å². The molecule has 2 aromatic carbocycles. The third kappa shape index (κ3) is 5.13. The number of carbonyl (C=O) groups excluding carboxylic acids is 1. The van der Waals surface area contributed by atoms with E-state index in [0.29, 0.717) is 29.6 Å². The maximum atomic E-state index is 12.4. The van der Waals surface area contributed by atoms with Gasteiger partial charge in [0.15, 0.2) is 23.0 Å². The van der Waals surface area contributed by atoms with Gasteiger partial charge in [-0.25, -0.2) is 0 Å². The Hall–Kier alpha value is -3.81. The number of benzene rings is 2. The molecule has 3 aromatic rings. The topological polar surface area (TPSA) is 94.6 Å². The predicted molar refractivity (Wildman–Crippen MR) is 110 cm³/mol. The number of hydrogen-bond donors (Lipinski definition) is 2. The highest BCUT2D eigenvalue weighted by atomic mass is 16.5. The molecule has 2 N–H and O–H groups in total. The van der Waals surface area contributed by atoms with Gasteiger partial charge in [0.05, 0.1) is 20.8 Å². The maximum Gasteiger partial charge on any atom is 0.276 e. The van der Waals surface area contributed by atoms with E-state index in [-0.39, 0.29) is 11.6 Å². The van der Waals surface area contributed by atoms with E-state index in [0.717, 1.165) is 11.4 Å². The van der Waals surface area contributed by atoms with Crippen molar-refractivity contribution >= 4 is 23.1 Å². The Morgan fingerprint density at radius 3 is 2.24 bits per heavy atom. The molecule has 29 heavy (non-hydrogen) atoms. The van der Waals surface area contributed by atoms with Crippen LogP contribution in [0.1, 0.15) is 17.4 Å². The number of rotatable bonds is 8. The minimum absolute atomic E-state index is 0.205. The molecule has 0 aliphatic carbocycles. The zero-order valence-electron chi connectivity index (χ0n) is 16.4. The van der Waals surface area contributed by atoms with Gasteiger partial charge in [0.25, 0.3) is 5.91 Å². The quantitative estimate of drug-likeness (QED) is 0.598. The fourth-order valence-corrected chi connectivity index (χ4v) is 2.58. The average molecular weight is 394 g/mol. The molecule has 150 valence electrons. The molecule has 8 nitrogen and oxygen atoms in total. The summed E-state index contributed by atoms with van der Waals surface area (Å²) < 4.78 is 15.9. The lowest BCUT2D eigenvalue weighted by atomic mass is 10.2. The van der Waals surface area contributed by atoms with Crippen LogP contribution in [-0.2, 0) is 0 Å². The maximum absolute atomic E-state index is 12.4. The lowest BCUT2D eigenvalue weighted by molar-refractivity contribution is 0.102. The zero-order chi connectivity index (χ0) is 20.6. The molecule has 0 atom stereocenters. The van der Waals surface area contributed by atoms with Crippen LogP contribution >= 0.6 is 0 Å². The van der Waals surface area contributed by atoms with Crippen LogP contribution in [0.15, 0.2) is 54.6 Å². The first-order valence-electron chi connectivity index (χ1n) is 9.00. The van der Waals surface area contributed by atoms with Crippen molar-refractivity contribution in [2.45, 2.75) is 6.92 Å². The van der Waals surface area contributed by atoms with Crippen molar-refractivity contribution in [1.29, 1.82) is 0 Å². The summed E-state index contributed by atoms with van der Waals surface area (Å²) in [5.41, 5.74) is 1.60. The van der Waals surface area contributed by atoms with Crippen molar-refractivity contribution in [3.63, 3.8) is 0 Å². The fourth-order valence-electron chi connectivity index (χ4n) is 2.58. The number of hydrogen-bond acceptors (Lipinski definition) is 7. The largest absolute Gasteiger partial charge is 0.494 e. The number of nitrogens with one attached hydrogen (secondary N) is 2. The zero-order valence-corrected chi connectivity index (χ0v) is 16.4. The number of anilines is 3. The van der Waals surface area contributed by atoms with Gasteiger partial charge >= 0.3 is 0 Å². The van der Waals surface area contributed by atoms with Crippen molar-refractivity contribution in [3.8, 4) is 17.2 Å². The van der Waals surface area contributed by atoms with E-state index >= 15 is 0 Å². The molecule has 1 aromatic heterocycles. The molecule has 0 bridgehead atoms. The molecule has 0 spiro atoms. The van der Waals surface area contributed by atoms with Gasteiger partial charge in [-0.1, -0.05) is 0 Å². The average Bonchev–Trinajstić information content (AvgIpc) is 2.75. The summed E-state index contributed by atoms with van der Waals surface area (Å²) in [6, 6.07) is 15.8. The van der Waals surface area contributed by atoms with Crippen LogP contribution < -0.4 is 24.8 Å². The summed E-state index contributed by atoms with van der Waals surface area (Å²) in [6.45, 7) is 2.50. The number of aromatic nitrogens is 2. The number of methoxy groups -OCH3 is 2. The van der Waals surface area contributed by atoms with E-state index in [9.17, 15) is 4.79 Å². The highest BCUT2D eigenvalue weighted by Crippen LogP contribution is 2.30. The molecular weight excluding hydrogens is 372 g/mol. The third-order valence-electron chi connectivity index (χ3n) is 3.98. The second-order valence-electron chi connectivity index (χ2n) is 5.91. The normalized spacial score (nSPS) is 10.2. The second-order valence-corrected chi connectivity index (χ2v) is 5.91. The number of carbonyl (C=O) groups is 1. The van der Waals surface area contributed by atoms with Gasteiger partial charge in [-0.15, -0.1) is 10.2 Å². The standard InChI is InChI=1S/C21H22N4O4/c1-4-29-16-8-5-14(6-9-16)23-21(26)17-10-12-20(25-24-17)22-15-7-11-18(27-2)19(13-15)28-3/h5-13H,4H2,1-3H3,(H,22,25)(H,23,26). The molecule has 0 unspecified atom stereocenters. The van der Waals surface area contributed by atoms with Crippen molar-refractivity contribution in [3.05, 3.63) is 60.3 Å². The van der Waals surface area contributed by atoms with E-state index in [1.165, 1.54) is 0 Å².